The molecule has 1 aromatic rings. The Morgan fingerprint density at radius 2 is 1.73 bits per heavy atom. The lowest BCUT2D eigenvalue weighted by Crippen LogP contribution is -2.50. The quantitative estimate of drug-likeness (QED) is 0.779. The van der Waals surface area contributed by atoms with Crippen molar-refractivity contribution in [3.05, 3.63) is 30.3 Å². The van der Waals surface area contributed by atoms with Gasteiger partial charge in [0, 0.05) is 5.69 Å². The molecular formula is C17H26N4O. The van der Waals surface area contributed by atoms with Gasteiger partial charge in [-0.2, -0.15) is 10.2 Å². The zero-order chi connectivity index (χ0) is 16.1. The van der Waals surface area contributed by atoms with E-state index in [0.29, 0.717) is 0 Å². The molecule has 0 spiro atoms. The maximum Gasteiger partial charge on any atom is 0.321 e. The van der Waals surface area contributed by atoms with Gasteiger partial charge in [0.25, 0.3) is 0 Å². The van der Waals surface area contributed by atoms with E-state index < -0.39 is 5.66 Å². The van der Waals surface area contributed by atoms with Gasteiger partial charge in [-0.25, -0.2) is 4.79 Å². The predicted octanol–water partition coefficient (Wildman–Crippen LogP) is 4.72. The second kappa shape index (κ2) is 6.90. The number of para-hydroxylation sites is 1. The third-order valence-corrected chi connectivity index (χ3v) is 3.60. The van der Waals surface area contributed by atoms with Gasteiger partial charge in [-0.1, -0.05) is 24.6 Å². The molecule has 2 amide bonds. The van der Waals surface area contributed by atoms with Gasteiger partial charge in [-0.15, -0.1) is 0 Å². The van der Waals surface area contributed by atoms with Gasteiger partial charge in [-0.05, 0) is 58.6 Å². The Balaban J connectivity index is 2.06. The molecule has 0 radical (unpaired) electrons. The fourth-order valence-corrected chi connectivity index (χ4v) is 2.53. The summed E-state index contributed by atoms with van der Waals surface area (Å²) in [4.78, 5) is 12.3. The van der Waals surface area contributed by atoms with E-state index in [0.717, 1.165) is 31.4 Å². The summed E-state index contributed by atoms with van der Waals surface area (Å²) in [5.41, 5.74) is -0.0226. The van der Waals surface area contributed by atoms with Crippen molar-refractivity contribution >= 4 is 11.7 Å². The molecule has 0 heterocycles. The summed E-state index contributed by atoms with van der Waals surface area (Å²) in [5, 5.41) is 14.8. The standard InChI is InChI=1S/C17H26N4O/c1-16(2,3)20-21-17(12-8-5-9-13-17)19-15(22)18-14-10-6-4-7-11-14/h4,6-7,10-11H,5,8-9,12-13H2,1-3H3,(H2,18,19,22). The fourth-order valence-electron chi connectivity index (χ4n) is 2.53. The van der Waals surface area contributed by atoms with Gasteiger partial charge in [0.1, 0.15) is 0 Å². The molecule has 0 atom stereocenters. The maximum absolute atomic E-state index is 12.3. The third-order valence-electron chi connectivity index (χ3n) is 3.60. The van der Waals surface area contributed by atoms with E-state index >= 15 is 0 Å². The molecule has 120 valence electrons. The summed E-state index contributed by atoms with van der Waals surface area (Å²) in [6, 6.07) is 9.22. The topological polar surface area (TPSA) is 65.8 Å². The lowest BCUT2D eigenvalue weighted by molar-refractivity contribution is 0.208. The molecule has 5 nitrogen and oxygen atoms in total. The number of urea groups is 1. The minimum absolute atomic E-state index is 0.221. The Morgan fingerprint density at radius 3 is 2.32 bits per heavy atom. The first-order valence-electron chi connectivity index (χ1n) is 7.97. The van der Waals surface area contributed by atoms with Crippen molar-refractivity contribution in [1.29, 1.82) is 0 Å². The van der Waals surface area contributed by atoms with Crippen LogP contribution in [-0.4, -0.2) is 17.2 Å². The highest BCUT2D eigenvalue weighted by Crippen LogP contribution is 2.30. The van der Waals surface area contributed by atoms with Crippen LogP contribution in [0.4, 0.5) is 10.5 Å². The highest BCUT2D eigenvalue weighted by molar-refractivity contribution is 5.89. The average Bonchev–Trinajstić information content (AvgIpc) is 2.46. The molecule has 1 aliphatic carbocycles. The zero-order valence-corrected chi connectivity index (χ0v) is 13.7. The van der Waals surface area contributed by atoms with Gasteiger partial charge in [0.15, 0.2) is 5.66 Å². The molecule has 1 fully saturated rings. The minimum atomic E-state index is -0.565. The van der Waals surface area contributed by atoms with Gasteiger partial charge >= 0.3 is 6.03 Å². The summed E-state index contributed by atoms with van der Waals surface area (Å²) in [6.07, 6.45) is 5.00. The van der Waals surface area contributed by atoms with Crippen LogP contribution in [0.25, 0.3) is 0 Å². The molecule has 0 saturated heterocycles. The largest absolute Gasteiger partial charge is 0.321 e. The van der Waals surface area contributed by atoms with Crippen LogP contribution >= 0.6 is 0 Å². The van der Waals surface area contributed by atoms with Crippen molar-refractivity contribution in [1.82, 2.24) is 5.32 Å². The Bertz CT molecular complexity index is 513. The van der Waals surface area contributed by atoms with Crippen molar-refractivity contribution in [2.24, 2.45) is 10.2 Å². The summed E-state index contributed by atoms with van der Waals surface area (Å²) in [7, 11) is 0. The van der Waals surface area contributed by atoms with Crippen molar-refractivity contribution < 1.29 is 4.79 Å². The van der Waals surface area contributed by atoms with Crippen molar-refractivity contribution in [2.75, 3.05) is 5.32 Å². The number of hydrogen-bond donors (Lipinski definition) is 2. The molecule has 0 aromatic heterocycles. The molecule has 2 N–H and O–H groups in total. The molecule has 0 bridgehead atoms. The smallest absolute Gasteiger partial charge is 0.312 e. The predicted molar refractivity (Wildman–Crippen MR) is 89.0 cm³/mol. The lowest BCUT2D eigenvalue weighted by Gasteiger charge is -2.34. The summed E-state index contributed by atoms with van der Waals surface area (Å²) >= 11 is 0. The van der Waals surface area contributed by atoms with Crippen LogP contribution in [0.5, 0.6) is 0 Å². The van der Waals surface area contributed by atoms with Gasteiger partial charge in [0.05, 0.1) is 5.54 Å². The second-order valence-electron chi connectivity index (χ2n) is 6.91. The van der Waals surface area contributed by atoms with E-state index in [1.54, 1.807) is 0 Å². The SMILES string of the molecule is CC(C)(C)N=NC1(NC(=O)Nc2ccccc2)CCCCC1. The highest BCUT2D eigenvalue weighted by Gasteiger charge is 2.34. The number of nitrogens with zero attached hydrogens (tertiary/aromatic N) is 2. The normalized spacial score (nSPS) is 18.1. The first-order chi connectivity index (χ1) is 10.4. The van der Waals surface area contributed by atoms with Crippen LogP contribution < -0.4 is 10.6 Å². The number of nitrogens with one attached hydrogen (secondary N) is 2. The van der Waals surface area contributed by atoms with Crippen LogP contribution in [0.15, 0.2) is 40.6 Å². The van der Waals surface area contributed by atoms with Crippen LogP contribution in [0, 0.1) is 0 Å². The number of azo groups is 1. The van der Waals surface area contributed by atoms with Gasteiger partial charge in [-0.3, -0.25) is 0 Å². The molecular weight excluding hydrogens is 276 g/mol. The molecule has 0 aliphatic heterocycles. The Labute approximate surface area is 132 Å². The third kappa shape index (κ3) is 5.13. The molecule has 2 rings (SSSR count). The number of carbonyl (C=O) groups excluding carboxylic acids is 1. The van der Waals surface area contributed by atoms with E-state index in [2.05, 4.69) is 20.9 Å². The van der Waals surface area contributed by atoms with E-state index in [4.69, 9.17) is 0 Å². The Morgan fingerprint density at radius 1 is 1.09 bits per heavy atom. The molecule has 5 heteroatoms. The Hall–Kier alpha value is -1.91. The number of hydrogen-bond acceptors (Lipinski definition) is 3. The molecule has 22 heavy (non-hydrogen) atoms. The number of anilines is 1. The van der Waals surface area contributed by atoms with E-state index in [9.17, 15) is 4.79 Å². The maximum atomic E-state index is 12.3. The highest BCUT2D eigenvalue weighted by atomic mass is 16.2. The van der Waals surface area contributed by atoms with Crippen LogP contribution in [0.3, 0.4) is 0 Å². The average molecular weight is 302 g/mol. The number of rotatable bonds is 3. The summed E-state index contributed by atoms with van der Waals surface area (Å²) in [5.74, 6) is 0. The molecule has 1 aromatic carbocycles. The van der Waals surface area contributed by atoms with Crippen LogP contribution in [0.2, 0.25) is 0 Å². The number of benzene rings is 1. The molecule has 1 saturated carbocycles. The second-order valence-corrected chi connectivity index (χ2v) is 6.91. The summed E-state index contributed by atoms with van der Waals surface area (Å²) < 4.78 is 0. The van der Waals surface area contributed by atoms with Crippen LogP contribution in [0.1, 0.15) is 52.9 Å². The number of amides is 2. The molecule has 1 aliphatic rings. The van der Waals surface area contributed by atoms with E-state index in [1.807, 2.05) is 51.1 Å². The van der Waals surface area contributed by atoms with Crippen molar-refractivity contribution in [3.63, 3.8) is 0 Å². The zero-order valence-electron chi connectivity index (χ0n) is 13.7. The Kier molecular flexibility index (Phi) is 5.16. The summed E-state index contributed by atoms with van der Waals surface area (Å²) in [6.45, 7) is 6.03. The van der Waals surface area contributed by atoms with Gasteiger partial charge < -0.3 is 10.6 Å². The van der Waals surface area contributed by atoms with Gasteiger partial charge in [0.2, 0.25) is 0 Å². The first kappa shape index (κ1) is 16.5. The monoisotopic (exact) mass is 302 g/mol. The first-order valence-corrected chi connectivity index (χ1v) is 7.97. The van der Waals surface area contributed by atoms with Crippen molar-refractivity contribution in [2.45, 2.75) is 64.1 Å². The molecule has 0 unspecified atom stereocenters. The van der Waals surface area contributed by atoms with E-state index in [1.165, 1.54) is 6.42 Å². The van der Waals surface area contributed by atoms with E-state index in [-0.39, 0.29) is 11.6 Å². The van der Waals surface area contributed by atoms with Crippen LogP contribution in [-0.2, 0) is 0 Å². The number of carbonyl (C=O) groups is 1. The lowest BCUT2D eigenvalue weighted by atomic mass is 9.89. The fraction of sp³-hybridized carbons (Fsp3) is 0.588. The van der Waals surface area contributed by atoms with Crippen molar-refractivity contribution in [3.8, 4) is 0 Å². The minimum Gasteiger partial charge on any atom is -0.312 e.